The summed E-state index contributed by atoms with van der Waals surface area (Å²) in [6.07, 6.45) is 5.27. The number of rotatable bonds is 5. The number of nitriles is 1. The number of aromatic nitrogens is 5. The first kappa shape index (κ1) is 21.4. The Kier molecular flexibility index (Phi) is 6.02. The lowest BCUT2D eigenvalue weighted by Crippen LogP contribution is -2.24. The highest BCUT2D eigenvalue weighted by Gasteiger charge is 2.25. The van der Waals surface area contributed by atoms with E-state index in [0.29, 0.717) is 21.7 Å². The number of nitrogens with one attached hydrogen (secondary N) is 1. The summed E-state index contributed by atoms with van der Waals surface area (Å²) >= 11 is 2.74. The predicted octanol–water partition coefficient (Wildman–Crippen LogP) is 3.12. The molecule has 4 rings (SSSR count). The SMILES string of the molecule is Cc1cc(C)n(-c2nnc(SC(C)C(=O)Nc3sc4c(c3C#N)CCCCC4)n2N)n1. The molecule has 1 atom stereocenters. The molecular weight excluding hydrogens is 432 g/mol. The van der Waals surface area contributed by atoms with Crippen LogP contribution in [-0.2, 0) is 17.6 Å². The maximum atomic E-state index is 12.9. The number of thiophene rings is 1. The molecule has 11 heteroatoms. The van der Waals surface area contributed by atoms with Gasteiger partial charge in [-0.15, -0.1) is 21.5 Å². The summed E-state index contributed by atoms with van der Waals surface area (Å²) < 4.78 is 2.96. The summed E-state index contributed by atoms with van der Waals surface area (Å²) in [5, 5.41) is 25.8. The lowest BCUT2D eigenvalue weighted by atomic mass is 10.1. The van der Waals surface area contributed by atoms with Crippen molar-refractivity contribution in [2.75, 3.05) is 11.2 Å². The molecule has 31 heavy (non-hydrogen) atoms. The lowest BCUT2D eigenvalue weighted by molar-refractivity contribution is -0.115. The Balaban J connectivity index is 1.49. The Morgan fingerprint density at radius 1 is 1.32 bits per heavy atom. The number of fused-ring (bicyclic) bond motifs is 1. The van der Waals surface area contributed by atoms with Gasteiger partial charge in [-0.3, -0.25) is 4.79 Å². The summed E-state index contributed by atoms with van der Waals surface area (Å²) in [6, 6.07) is 4.22. The molecule has 0 fully saturated rings. The second-order valence-electron chi connectivity index (χ2n) is 7.62. The van der Waals surface area contributed by atoms with Crippen molar-refractivity contribution in [2.24, 2.45) is 0 Å². The van der Waals surface area contributed by atoms with E-state index >= 15 is 0 Å². The minimum atomic E-state index is -0.478. The number of nitrogens with zero attached hydrogens (tertiary/aromatic N) is 6. The molecule has 0 aliphatic heterocycles. The highest BCUT2D eigenvalue weighted by atomic mass is 32.2. The standard InChI is InChI=1S/C20H24N8OS2/c1-11-9-12(2)28(26-11)19-24-25-20(27(19)22)30-13(3)17(29)23-18-15(10-21)14-7-5-4-6-8-16(14)31-18/h9,13H,4-8,22H2,1-3H3,(H,23,29). The number of nitrogen functional groups attached to an aromatic ring is 1. The van der Waals surface area contributed by atoms with Gasteiger partial charge in [0, 0.05) is 10.6 Å². The van der Waals surface area contributed by atoms with Crippen LogP contribution in [0.2, 0.25) is 0 Å². The zero-order valence-corrected chi connectivity index (χ0v) is 19.3. The number of nitrogens with two attached hydrogens (primary N) is 1. The fourth-order valence-corrected chi connectivity index (χ4v) is 5.71. The van der Waals surface area contributed by atoms with Crippen LogP contribution in [-0.4, -0.2) is 35.8 Å². The van der Waals surface area contributed by atoms with E-state index in [1.165, 1.54) is 39.1 Å². The van der Waals surface area contributed by atoms with Crippen molar-refractivity contribution >= 4 is 34.0 Å². The van der Waals surface area contributed by atoms with E-state index in [2.05, 4.69) is 26.7 Å². The Hall–Kier alpha value is -2.84. The topological polar surface area (TPSA) is 127 Å². The molecule has 3 aromatic rings. The first-order valence-electron chi connectivity index (χ1n) is 10.1. The number of carbonyl (C=O) groups excluding carboxylic acids is 1. The Morgan fingerprint density at radius 2 is 2.10 bits per heavy atom. The zero-order valence-electron chi connectivity index (χ0n) is 17.7. The molecule has 9 nitrogen and oxygen atoms in total. The molecule has 1 amide bonds. The van der Waals surface area contributed by atoms with E-state index in [0.717, 1.165) is 42.6 Å². The van der Waals surface area contributed by atoms with Crippen LogP contribution >= 0.6 is 23.1 Å². The number of hydrogen-bond donors (Lipinski definition) is 2. The molecule has 0 bridgehead atoms. The Morgan fingerprint density at radius 3 is 2.81 bits per heavy atom. The van der Waals surface area contributed by atoms with Crippen LogP contribution < -0.4 is 11.2 Å². The summed E-state index contributed by atoms with van der Waals surface area (Å²) in [5.41, 5.74) is 3.46. The van der Waals surface area contributed by atoms with Crippen LogP contribution in [0.15, 0.2) is 11.2 Å². The van der Waals surface area contributed by atoms with Crippen LogP contribution in [0.5, 0.6) is 0 Å². The summed E-state index contributed by atoms with van der Waals surface area (Å²) in [6.45, 7) is 5.58. The van der Waals surface area contributed by atoms with Crippen molar-refractivity contribution < 1.29 is 4.79 Å². The van der Waals surface area contributed by atoms with Gasteiger partial charge >= 0.3 is 0 Å². The van der Waals surface area contributed by atoms with E-state index < -0.39 is 5.25 Å². The highest BCUT2D eigenvalue weighted by molar-refractivity contribution is 8.00. The number of anilines is 1. The molecule has 1 aliphatic rings. The van der Waals surface area contributed by atoms with Gasteiger partial charge in [0.15, 0.2) is 0 Å². The molecule has 0 aromatic carbocycles. The van der Waals surface area contributed by atoms with Gasteiger partial charge in [-0.05, 0) is 58.1 Å². The molecule has 1 aliphatic carbocycles. The van der Waals surface area contributed by atoms with Crippen LogP contribution in [0.4, 0.5) is 5.00 Å². The number of amides is 1. The van der Waals surface area contributed by atoms with Crippen molar-refractivity contribution in [1.29, 1.82) is 5.26 Å². The maximum absolute atomic E-state index is 12.9. The van der Waals surface area contributed by atoms with Gasteiger partial charge in [-0.1, -0.05) is 18.2 Å². The second kappa shape index (κ2) is 8.72. The molecule has 3 N–H and O–H groups in total. The molecule has 0 radical (unpaired) electrons. The normalized spacial score (nSPS) is 14.5. The number of aryl methyl sites for hydroxylation is 3. The van der Waals surface area contributed by atoms with E-state index in [9.17, 15) is 10.1 Å². The van der Waals surface area contributed by atoms with Crippen LogP contribution in [0.3, 0.4) is 0 Å². The smallest absolute Gasteiger partial charge is 0.271 e. The van der Waals surface area contributed by atoms with Crippen molar-refractivity contribution in [3.8, 4) is 12.0 Å². The molecule has 3 aromatic heterocycles. The minimum absolute atomic E-state index is 0.200. The van der Waals surface area contributed by atoms with Crippen LogP contribution in [0.25, 0.3) is 5.95 Å². The fraction of sp³-hybridized carbons (Fsp3) is 0.450. The minimum Gasteiger partial charge on any atom is -0.334 e. The number of thioether (sulfide) groups is 1. The lowest BCUT2D eigenvalue weighted by Gasteiger charge is -2.11. The summed E-state index contributed by atoms with van der Waals surface area (Å²) in [4.78, 5) is 14.1. The third-order valence-electron chi connectivity index (χ3n) is 5.27. The molecule has 0 spiro atoms. The maximum Gasteiger partial charge on any atom is 0.271 e. The highest BCUT2D eigenvalue weighted by Crippen LogP contribution is 2.37. The number of carbonyl (C=O) groups is 1. The molecular formula is C20H24N8OS2. The third-order valence-corrected chi connectivity index (χ3v) is 7.53. The van der Waals surface area contributed by atoms with Crippen molar-refractivity contribution in [3.63, 3.8) is 0 Å². The molecule has 162 valence electrons. The van der Waals surface area contributed by atoms with E-state index in [1.54, 1.807) is 11.6 Å². The number of hydrogen-bond acceptors (Lipinski definition) is 8. The first-order chi connectivity index (χ1) is 14.9. The van der Waals surface area contributed by atoms with Gasteiger partial charge in [0.2, 0.25) is 11.1 Å². The van der Waals surface area contributed by atoms with E-state index in [1.807, 2.05) is 19.9 Å². The van der Waals surface area contributed by atoms with E-state index in [-0.39, 0.29) is 5.91 Å². The fourth-order valence-electron chi connectivity index (χ4n) is 3.70. The van der Waals surface area contributed by atoms with Gasteiger partial charge in [0.05, 0.1) is 16.5 Å². The average molecular weight is 457 g/mol. The van der Waals surface area contributed by atoms with E-state index in [4.69, 9.17) is 5.84 Å². The van der Waals surface area contributed by atoms with Crippen molar-refractivity contribution in [3.05, 3.63) is 33.5 Å². The molecule has 3 heterocycles. The van der Waals surface area contributed by atoms with Crippen LogP contribution in [0, 0.1) is 25.2 Å². The zero-order chi connectivity index (χ0) is 22.1. The van der Waals surface area contributed by atoms with Crippen molar-refractivity contribution in [1.82, 2.24) is 24.7 Å². The quantitative estimate of drug-likeness (QED) is 0.343. The van der Waals surface area contributed by atoms with Gasteiger partial charge in [0.1, 0.15) is 11.1 Å². The molecule has 0 saturated heterocycles. The molecule has 1 unspecified atom stereocenters. The predicted molar refractivity (Wildman–Crippen MR) is 121 cm³/mol. The first-order valence-corrected chi connectivity index (χ1v) is 11.8. The average Bonchev–Trinajstić information content (AvgIpc) is 3.30. The van der Waals surface area contributed by atoms with Gasteiger partial charge < -0.3 is 11.2 Å². The van der Waals surface area contributed by atoms with Crippen molar-refractivity contribution in [2.45, 2.75) is 63.3 Å². The van der Waals surface area contributed by atoms with Gasteiger partial charge in [0.25, 0.3) is 5.95 Å². The Labute approximate surface area is 188 Å². The third kappa shape index (κ3) is 4.18. The second-order valence-corrected chi connectivity index (χ2v) is 10.0. The van der Waals surface area contributed by atoms with Gasteiger partial charge in [-0.25, -0.2) is 9.36 Å². The molecule has 0 saturated carbocycles. The monoisotopic (exact) mass is 456 g/mol. The summed E-state index contributed by atoms with van der Waals surface area (Å²) in [7, 11) is 0. The van der Waals surface area contributed by atoms with Crippen LogP contribution in [0.1, 0.15) is 53.6 Å². The Bertz CT molecular complexity index is 1170. The van der Waals surface area contributed by atoms with Gasteiger partial charge in [-0.2, -0.15) is 10.4 Å². The summed E-state index contributed by atoms with van der Waals surface area (Å²) in [5.74, 6) is 6.36. The largest absolute Gasteiger partial charge is 0.334 e.